The fraction of sp³-hybridized carbons (Fsp3) is 0.917. The first kappa shape index (κ1) is 14.4. The lowest BCUT2D eigenvalue weighted by atomic mass is 9.90. The summed E-state index contributed by atoms with van der Waals surface area (Å²) in [5.41, 5.74) is 2.22. The zero-order valence-corrected chi connectivity index (χ0v) is 10.9. The van der Waals surface area contributed by atoms with Gasteiger partial charge in [-0.25, -0.2) is 5.84 Å². The molecule has 0 saturated heterocycles. The molecular weight excluding hydrogens is 218 g/mol. The van der Waals surface area contributed by atoms with Crippen molar-refractivity contribution in [2.45, 2.75) is 63.6 Å². The minimum absolute atomic E-state index is 0.0811. The van der Waals surface area contributed by atoms with Crippen molar-refractivity contribution in [1.82, 2.24) is 10.3 Å². The van der Waals surface area contributed by atoms with Gasteiger partial charge < -0.3 is 5.11 Å². The molecule has 17 heavy (non-hydrogen) atoms. The van der Waals surface area contributed by atoms with Crippen molar-refractivity contribution in [2.75, 3.05) is 7.05 Å². The number of carbonyl (C=O) groups is 1. The van der Waals surface area contributed by atoms with Crippen molar-refractivity contribution in [3.8, 4) is 0 Å². The Morgan fingerprint density at radius 3 is 2.71 bits per heavy atom. The summed E-state index contributed by atoms with van der Waals surface area (Å²) < 4.78 is 0. The van der Waals surface area contributed by atoms with Crippen molar-refractivity contribution in [1.29, 1.82) is 0 Å². The maximum atomic E-state index is 11.7. The third-order valence-electron chi connectivity index (χ3n) is 3.72. The maximum absolute atomic E-state index is 11.7. The monoisotopic (exact) mass is 243 g/mol. The van der Waals surface area contributed by atoms with Crippen LogP contribution in [0.2, 0.25) is 0 Å². The number of aliphatic hydroxyl groups excluding tert-OH is 1. The Bertz CT molecular complexity index is 248. The predicted molar refractivity (Wildman–Crippen MR) is 67.1 cm³/mol. The second kappa shape index (κ2) is 6.93. The van der Waals surface area contributed by atoms with Crippen LogP contribution in [-0.2, 0) is 4.79 Å². The number of hydrazine groups is 1. The third kappa shape index (κ3) is 3.66. The van der Waals surface area contributed by atoms with Crippen LogP contribution < -0.4 is 11.3 Å². The molecule has 1 aliphatic rings. The maximum Gasteiger partial charge on any atom is 0.251 e. The zero-order valence-electron chi connectivity index (χ0n) is 10.9. The molecule has 1 amide bonds. The van der Waals surface area contributed by atoms with Gasteiger partial charge in [0.2, 0.25) is 0 Å². The van der Waals surface area contributed by atoms with Gasteiger partial charge in [-0.2, -0.15) is 0 Å². The van der Waals surface area contributed by atoms with Gasteiger partial charge in [-0.3, -0.25) is 15.1 Å². The predicted octanol–water partition coefficient (Wildman–Crippen LogP) is 0.380. The second-order valence-corrected chi connectivity index (χ2v) is 4.90. The molecule has 3 atom stereocenters. The van der Waals surface area contributed by atoms with E-state index in [-0.39, 0.29) is 24.1 Å². The minimum Gasteiger partial charge on any atom is -0.391 e. The lowest BCUT2D eigenvalue weighted by Crippen LogP contribution is -2.54. The summed E-state index contributed by atoms with van der Waals surface area (Å²) >= 11 is 0. The second-order valence-electron chi connectivity index (χ2n) is 4.90. The lowest BCUT2D eigenvalue weighted by Gasteiger charge is -2.39. The summed E-state index contributed by atoms with van der Waals surface area (Å²) in [6, 6.07) is -0.152. The number of nitrogens with two attached hydrogens (primary N) is 1. The minimum atomic E-state index is -0.321. The number of rotatable bonds is 5. The summed E-state index contributed by atoms with van der Waals surface area (Å²) in [6.45, 7) is 2.04. The van der Waals surface area contributed by atoms with Crippen molar-refractivity contribution < 1.29 is 9.90 Å². The van der Waals surface area contributed by atoms with E-state index in [1.54, 1.807) is 0 Å². The van der Waals surface area contributed by atoms with Crippen LogP contribution in [0.15, 0.2) is 0 Å². The topological polar surface area (TPSA) is 78.6 Å². The molecular formula is C12H25N3O2. The first-order valence-corrected chi connectivity index (χ1v) is 6.52. The van der Waals surface area contributed by atoms with Crippen LogP contribution in [-0.4, -0.2) is 41.1 Å². The van der Waals surface area contributed by atoms with Gasteiger partial charge in [0.1, 0.15) is 0 Å². The summed E-state index contributed by atoms with van der Waals surface area (Å²) in [5, 5.41) is 10.0. The number of aliphatic hydroxyl groups is 1. The molecule has 1 fully saturated rings. The van der Waals surface area contributed by atoms with E-state index in [2.05, 4.69) is 5.43 Å². The van der Waals surface area contributed by atoms with Crippen LogP contribution in [0.5, 0.6) is 0 Å². The largest absolute Gasteiger partial charge is 0.391 e. The smallest absolute Gasteiger partial charge is 0.251 e. The molecule has 0 heterocycles. The van der Waals surface area contributed by atoms with Crippen LogP contribution in [0.1, 0.15) is 45.4 Å². The molecule has 1 saturated carbocycles. The van der Waals surface area contributed by atoms with Crippen LogP contribution in [0.4, 0.5) is 0 Å². The van der Waals surface area contributed by atoms with Gasteiger partial charge >= 0.3 is 0 Å². The Morgan fingerprint density at radius 2 is 2.18 bits per heavy atom. The van der Waals surface area contributed by atoms with E-state index in [1.807, 2.05) is 18.9 Å². The number of carbonyl (C=O) groups excluding carboxylic acids is 1. The number of nitrogens with one attached hydrogen (secondary N) is 1. The Morgan fingerprint density at radius 1 is 1.53 bits per heavy atom. The molecule has 3 unspecified atom stereocenters. The van der Waals surface area contributed by atoms with Crippen molar-refractivity contribution in [2.24, 2.45) is 5.84 Å². The van der Waals surface area contributed by atoms with Crippen LogP contribution >= 0.6 is 0 Å². The molecule has 0 aromatic heterocycles. The molecule has 4 N–H and O–H groups in total. The van der Waals surface area contributed by atoms with E-state index in [1.165, 1.54) is 0 Å². The van der Waals surface area contributed by atoms with Crippen LogP contribution in [0.25, 0.3) is 0 Å². The van der Waals surface area contributed by atoms with Gasteiger partial charge in [0.15, 0.2) is 0 Å². The van der Waals surface area contributed by atoms with Gasteiger partial charge in [0.05, 0.1) is 12.1 Å². The molecule has 0 aromatic carbocycles. The molecule has 0 aliphatic heterocycles. The number of nitrogens with zero attached hydrogens (tertiary/aromatic N) is 1. The molecule has 5 nitrogen and oxygen atoms in total. The quantitative estimate of drug-likeness (QED) is 0.370. The van der Waals surface area contributed by atoms with Gasteiger partial charge in [-0.05, 0) is 26.3 Å². The van der Waals surface area contributed by atoms with Crippen molar-refractivity contribution in [3.05, 3.63) is 0 Å². The average molecular weight is 243 g/mol. The highest BCUT2D eigenvalue weighted by Crippen LogP contribution is 2.24. The molecule has 1 aliphatic carbocycles. The molecule has 0 aromatic rings. The Kier molecular flexibility index (Phi) is 5.88. The summed E-state index contributed by atoms with van der Waals surface area (Å²) in [5.74, 6) is 5.06. The highest BCUT2D eigenvalue weighted by molar-refractivity contribution is 5.81. The molecule has 0 spiro atoms. The number of hydrogen-bond donors (Lipinski definition) is 3. The van der Waals surface area contributed by atoms with Gasteiger partial charge in [-0.15, -0.1) is 0 Å². The summed E-state index contributed by atoms with van der Waals surface area (Å²) in [7, 11) is 1.91. The summed E-state index contributed by atoms with van der Waals surface area (Å²) in [4.78, 5) is 13.7. The van der Waals surface area contributed by atoms with Gasteiger partial charge in [0, 0.05) is 6.04 Å². The van der Waals surface area contributed by atoms with E-state index in [0.717, 1.165) is 38.5 Å². The van der Waals surface area contributed by atoms with E-state index < -0.39 is 0 Å². The van der Waals surface area contributed by atoms with Crippen molar-refractivity contribution >= 4 is 5.91 Å². The zero-order chi connectivity index (χ0) is 12.8. The first-order valence-electron chi connectivity index (χ1n) is 6.52. The van der Waals surface area contributed by atoms with Crippen molar-refractivity contribution in [3.63, 3.8) is 0 Å². The lowest BCUT2D eigenvalue weighted by molar-refractivity contribution is -0.128. The highest BCUT2D eigenvalue weighted by atomic mass is 16.3. The average Bonchev–Trinajstić information content (AvgIpc) is 2.35. The normalized spacial score (nSPS) is 26.9. The van der Waals surface area contributed by atoms with Crippen LogP contribution in [0, 0.1) is 0 Å². The Hall–Kier alpha value is -0.650. The number of hydrogen-bond acceptors (Lipinski definition) is 4. The first-order chi connectivity index (χ1) is 8.11. The van der Waals surface area contributed by atoms with E-state index in [0.29, 0.717) is 0 Å². The SMILES string of the molecule is CCCC(C(=O)NN)N(C)C1CCCCC1O. The fourth-order valence-electron chi connectivity index (χ4n) is 2.69. The van der Waals surface area contributed by atoms with E-state index in [9.17, 15) is 9.90 Å². The molecule has 1 rings (SSSR count). The number of likely N-dealkylation sites (N-methyl/N-ethyl adjacent to an activating group) is 1. The van der Waals surface area contributed by atoms with Gasteiger partial charge in [-0.1, -0.05) is 26.2 Å². The molecule has 5 heteroatoms. The van der Waals surface area contributed by atoms with E-state index in [4.69, 9.17) is 5.84 Å². The van der Waals surface area contributed by atoms with E-state index >= 15 is 0 Å². The molecule has 0 bridgehead atoms. The Labute approximate surface area is 103 Å². The van der Waals surface area contributed by atoms with Crippen LogP contribution in [0.3, 0.4) is 0 Å². The standard InChI is InChI=1S/C12H25N3O2/c1-3-6-10(12(17)14-13)15(2)9-7-4-5-8-11(9)16/h9-11,16H,3-8,13H2,1-2H3,(H,14,17). The molecule has 100 valence electrons. The third-order valence-corrected chi connectivity index (χ3v) is 3.72. The highest BCUT2D eigenvalue weighted by Gasteiger charge is 2.33. The molecule has 0 radical (unpaired) electrons. The fourth-order valence-corrected chi connectivity index (χ4v) is 2.69. The Balaban J connectivity index is 2.68. The van der Waals surface area contributed by atoms with Gasteiger partial charge in [0.25, 0.3) is 5.91 Å². The summed E-state index contributed by atoms with van der Waals surface area (Å²) in [6.07, 6.45) is 5.35. The number of amides is 1.